The summed E-state index contributed by atoms with van der Waals surface area (Å²) in [7, 11) is 0. The molecule has 0 atom stereocenters. The highest BCUT2D eigenvalue weighted by atomic mass is 32.1. The third-order valence-corrected chi connectivity index (χ3v) is 13.0. The molecule has 0 bridgehead atoms. The predicted molar refractivity (Wildman–Crippen MR) is 250 cm³/mol. The van der Waals surface area contributed by atoms with Crippen LogP contribution >= 0.6 is 11.3 Å². The summed E-state index contributed by atoms with van der Waals surface area (Å²) >= 11 is 1.88. The van der Waals surface area contributed by atoms with E-state index in [1.807, 2.05) is 48.3 Å². The van der Waals surface area contributed by atoms with E-state index in [0.717, 1.165) is 50.2 Å². The molecule has 0 aliphatic carbocycles. The average Bonchev–Trinajstić information content (AvgIpc) is 3.70. The summed E-state index contributed by atoms with van der Waals surface area (Å²) in [4.78, 5) is 14.5. The lowest BCUT2D eigenvalue weighted by molar-refractivity contribution is 1.32. The lowest BCUT2D eigenvalue weighted by atomic mass is 9.84. The maximum Gasteiger partial charge on any atom is 0.0788 e. The van der Waals surface area contributed by atoms with E-state index in [4.69, 9.17) is 4.98 Å². The number of thiophene rings is 1. The van der Waals surface area contributed by atoms with E-state index in [-0.39, 0.29) is 0 Å². The van der Waals surface area contributed by atoms with Crippen LogP contribution in [0.5, 0.6) is 0 Å². The van der Waals surface area contributed by atoms with E-state index < -0.39 is 0 Å². The van der Waals surface area contributed by atoms with Crippen LogP contribution in [0, 0.1) is 0 Å². The largest absolute Gasteiger partial charge is 0.264 e. The quantitative estimate of drug-likeness (QED) is 0.129. The first-order valence-electron chi connectivity index (χ1n) is 19.9. The van der Waals surface area contributed by atoms with Gasteiger partial charge in [0.15, 0.2) is 0 Å². The summed E-state index contributed by atoms with van der Waals surface area (Å²) in [5, 5.41) is 11.0. The molecule has 8 aromatic carbocycles. The molecule has 4 heteroatoms. The van der Waals surface area contributed by atoms with Gasteiger partial charge >= 0.3 is 0 Å². The van der Waals surface area contributed by atoms with Crippen molar-refractivity contribution in [1.29, 1.82) is 0 Å². The fourth-order valence-corrected chi connectivity index (χ4v) is 10.4. The van der Waals surface area contributed by atoms with Gasteiger partial charge in [-0.05, 0) is 97.4 Å². The summed E-state index contributed by atoms with van der Waals surface area (Å²) in [5.41, 5.74) is 12.2. The summed E-state index contributed by atoms with van der Waals surface area (Å²) in [6.45, 7) is 0. The number of aromatic nitrogens is 3. The average molecular weight is 768 g/mol. The number of pyridine rings is 3. The van der Waals surface area contributed by atoms with Crippen molar-refractivity contribution in [3.63, 3.8) is 0 Å². The van der Waals surface area contributed by atoms with Crippen LogP contribution in [0.1, 0.15) is 0 Å². The Hall–Kier alpha value is -7.53. The van der Waals surface area contributed by atoms with Crippen molar-refractivity contribution in [1.82, 2.24) is 15.0 Å². The molecule has 12 aromatic rings. The molecule has 0 unspecified atom stereocenters. The van der Waals surface area contributed by atoms with E-state index in [2.05, 4.69) is 174 Å². The van der Waals surface area contributed by atoms with Crippen LogP contribution in [-0.2, 0) is 0 Å². The van der Waals surface area contributed by atoms with Gasteiger partial charge in [-0.3, -0.25) is 9.97 Å². The first kappa shape index (κ1) is 33.6. The van der Waals surface area contributed by atoms with Crippen LogP contribution in [0.15, 0.2) is 201 Å². The van der Waals surface area contributed by atoms with Crippen LogP contribution in [0.3, 0.4) is 0 Å². The normalized spacial score (nSPS) is 11.7. The number of fused-ring (bicyclic) bond motifs is 9. The summed E-state index contributed by atoms with van der Waals surface area (Å²) < 4.78 is 2.61. The Kier molecular flexibility index (Phi) is 7.72. The predicted octanol–water partition coefficient (Wildman–Crippen LogP) is 15.2. The van der Waals surface area contributed by atoms with E-state index in [0.29, 0.717) is 0 Å². The van der Waals surface area contributed by atoms with Crippen LogP contribution in [0.2, 0.25) is 0 Å². The summed E-state index contributed by atoms with van der Waals surface area (Å²) in [5.74, 6) is 0. The molecular weight excluding hydrogens is 735 g/mol. The molecule has 59 heavy (non-hydrogen) atoms. The van der Waals surface area contributed by atoms with Gasteiger partial charge < -0.3 is 0 Å². The molecule has 0 amide bonds. The molecule has 0 radical (unpaired) electrons. The first-order valence-corrected chi connectivity index (χ1v) is 20.7. The second-order valence-corrected chi connectivity index (χ2v) is 16.2. The van der Waals surface area contributed by atoms with Gasteiger partial charge in [0.25, 0.3) is 0 Å². The molecule has 0 aliphatic rings. The highest BCUT2D eigenvalue weighted by molar-refractivity contribution is 7.26. The lowest BCUT2D eigenvalue weighted by Crippen LogP contribution is -1.94. The minimum Gasteiger partial charge on any atom is -0.264 e. The Labute approximate surface area is 344 Å². The van der Waals surface area contributed by atoms with Crippen LogP contribution < -0.4 is 0 Å². The van der Waals surface area contributed by atoms with E-state index in [1.54, 1.807) is 0 Å². The van der Waals surface area contributed by atoms with Gasteiger partial charge in [-0.1, -0.05) is 133 Å². The van der Waals surface area contributed by atoms with Crippen LogP contribution in [0.25, 0.3) is 119 Å². The zero-order chi connectivity index (χ0) is 38.9. The van der Waals surface area contributed by atoms with Crippen LogP contribution in [0.4, 0.5) is 0 Å². The maximum absolute atomic E-state index is 5.52. The van der Waals surface area contributed by atoms with Gasteiger partial charge in [-0.15, -0.1) is 11.3 Å². The van der Waals surface area contributed by atoms with Crippen LogP contribution in [-0.4, -0.2) is 15.0 Å². The van der Waals surface area contributed by atoms with Crippen molar-refractivity contribution in [2.24, 2.45) is 0 Å². The monoisotopic (exact) mass is 767 g/mol. The SMILES string of the molecule is c1ccc(-c2nc3cc(-c4c5ccccc5c(-c5cc(-c6cccnc6)cc(-c6cccnc6)c5)c5ccccc45)ccc3c3c2ccc2c4ccccc4sc23)cc1. The topological polar surface area (TPSA) is 38.7 Å². The second-order valence-electron chi connectivity index (χ2n) is 15.1. The summed E-state index contributed by atoms with van der Waals surface area (Å²) in [6.07, 6.45) is 7.54. The van der Waals surface area contributed by atoms with Gasteiger partial charge in [-0.25, -0.2) is 4.98 Å². The molecule has 0 saturated heterocycles. The van der Waals surface area contributed by atoms with Crippen molar-refractivity contribution in [3.8, 4) is 55.8 Å². The summed E-state index contributed by atoms with van der Waals surface area (Å²) in [6, 6.07) is 63.8. The van der Waals surface area contributed by atoms with E-state index in [9.17, 15) is 0 Å². The Morgan fingerprint density at radius 2 is 0.864 bits per heavy atom. The van der Waals surface area contributed by atoms with Crippen molar-refractivity contribution in [2.75, 3.05) is 0 Å². The van der Waals surface area contributed by atoms with Crippen molar-refractivity contribution >= 4 is 74.7 Å². The molecule has 0 fully saturated rings. The molecule has 3 nitrogen and oxygen atoms in total. The zero-order valence-corrected chi connectivity index (χ0v) is 32.6. The van der Waals surface area contributed by atoms with Crippen molar-refractivity contribution < 1.29 is 0 Å². The lowest BCUT2D eigenvalue weighted by Gasteiger charge is -2.19. The molecule has 0 N–H and O–H groups in total. The van der Waals surface area contributed by atoms with E-state index in [1.165, 1.54) is 69.0 Å². The smallest absolute Gasteiger partial charge is 0.0788 e. The molecule has 4 heterocycles. The highest BCUT2D eigenvalue weighted by Gasteiger charge is 2.21. The van der Waals surface area contributed by atoms with Crippen molar-refractivity contribution in [3.05, 3.63) is 201 Å². The van der Waals surface area contributed by atoms with Gasteiger partial charge in [0.1, 0.15) is 0 Å². The van der Waals surface area contributed by atoms with E-state index >= 15 is 0 Å². The molecule has 0 saturated carbocycles. The third-order valence-electron chi connectivity index (χ3n) is 11.8. The Morgan fingerprint density at radius 1 is 0.339 bits per heavy atom. The minimum atomic E-state index is 0.987. The maximum atomic E-state index is 5.52. The zero-order valence-electron chi connectivity index (χ0n) is 31.8. The molecule has 12 rings (SSSR count). The van der Waals surface area contributed by atoms with Crippen molar-refractivity contribution in [2.45, 2.75) is 0 Å². The molecular formula is C55H33N3S. The molecule has 0 spiro atoms. The molecule has 0 aliphatic heterocycles. The Balaban J connectivity index is 1.14. The number of hydrogen-bond acceptors (Lipinski definition) is 4. The molecule has 4 aromatic heterocycles. The van der Waals surface area contributed by atoms with Gasteiger partial charge in [0.2, 0.25) is 0 Å². The first-order chi connectivity index (χ1) is 29.3. The third kappa shape index (κ3) is 5.45. The van der Waals surface area contributed by atoms with Gasteiger partial charge in [0, 0.05) is 77.8 Å². The van der Waals surface area contributed by atoms with Gasteiger partial charge in [0.05, 0.1) is 11.2 Å². The number of hydrogen-bond donors (Lipinski definition) is 0. The second kappa shape index (κ2) is 13.6. The van der Waals surface area contributed by atoms with Gasteiger partial charge in [-0.2, -0.15) is 0 Å². The number of benzene rings is 8. The Morgan fingerprint density at radius 3 is 1.49 bits per heavy atom. The fourth-order valence-electron chi connectivity index (χ4n) is 9.16. The standard InChI is InChI=1S/C55H33N3S/c1-2-12-34(13-3-1)54-48-25-24-46-41-16-8-9-21-50(41)59-55(46)53(48)47-23-22-35(31-49(47)58-54)51-42-17-4-6-19-44(42)52(45-20-7-5-18-43(45)51)40-29-38(36-14-10-26-56-32-36)28-39(30-40)37-15-11-27-57-33-37/h1-33H. The Bertz CT molecular complexity index is 3480. The molecule has 274 valence electrons. The minimum absolute atomic E-state index is 0.987. The number of nitrogens with zero attached hydrogens (tertiary/aromatic N) is 3. The highest BCUT2D eigenvalue weighted by Crippen LogP contribution is 2.47. The fraction of sp³-hybridized carbons (Fsp3) is 0. The number of rotatable bonds is 5.